The van der Waals surface area contributed by atoms with Crippen LogP contribution in [0, 0.1) is 0 Å². The van der Waals surface area contributed by atoms with Gasteiger partial charge in [0.15, 0.2) is 0 Å². The number of carbonyl (C=O) groups excluding carboxylic acids is 2. The molecular formula is C19H24N4O2S. The smallest absolute Gasteiger partial charge is 0.323 e. The second kappa shape index (κ2) is 6.96. The van der Waals surface area contributed by atoms with Gasteiger partial charge < -0.3 is 5.32 Å². The Labute approximate surface area is 157 Å². The number of amides is 3. The fourth-order valence-electron chi connectivity index (χ4n) is 3.99. The number of fused-ring (bicyclic) bond motifs is 1. The van der Waals surface area contributed by atoms with Gasteiger partial charge in [-0.2, -0.15) is 0 Å². The zero-order valence-corrected chi connectivity index (χ0v) is 15.8. The maximum Gasteiger partial charge on any atom is 0.326 e. The predicted molar refractivity (Wildman–Crippen MR) is 102 cm³/mol. The van der Waals surface area contributed by atoms with Gasteiger partial charge in [0.05, 0.1) is 23.4 Å². The molecule has 1 aliphatic carbocycles. The molecule has 1 aromatic heterocycles. The van der Waals surface area contributed by atoms with Crippen LogP contribution in [0.1, 0.15) is 43.5 Å². The van der Waals surface area contributed by atoms with Gasteiger partial charge in [-0.1, -0.05) is 37.8 Å². The summed E-state index contributed by atoms with van der Waals surface area (Å²) in [5.74, 6) is -0.0550. The Morgan fingerprint density at radius 3 is 2.65 bits per heavy atom. The van der Waals surface area contributed by atoms with Crippen molar-refractivity contribution in [1.29, 1.82) is 0 Å². The number of hydrogen-bond acceptors (Lipinski definition) is 5. The molecule has 1 N–H and O–H groups in total. The summed E-state index contributed by atoms with van der Waals surface area (Å²) in [6.07, 6.45) is 5.80. The van der Waals surface area contributed by atoms with Crippen LogP contribution in [0.4, 0.5) is 4.79 Å². The fraction of sp³-hybridized carbons (Fsp3) is 0.526. The molecule has 1 aliphatic heterocycles. The Kier molecular flexibility index (Phi) is 4.67. The lowest BCUT2D eigenvalue weighted by Crippen LogP contribution is -2.47. The van der Waals surface area contributed by atoms with E-state index in [9.17, 15) is 9.59 Å². The van der Waals surface area contributed by atoms with Crippen molar-refractivity contribution in [3.63, 3.8) is 0 Å². The molecule has 0 radical (unpaired) electrons. The Hall–Kier alpha value is -1.99. The van der Waals surface area contributed by atoms with Crippen molar-refractivity contribution in [3.05, 3.63) is 29.3 Å². The summed E-state index contributed by atoms with van der Waals surface area (Å²) in [7, 11) is 1.92. The lowest BCUT2D eigenvalue weighted by Gasteiger charge is -2.26. The van der Waals surface area contributed by atoms with Gasteiger partial charge in [0.1, 0.15) is 10.5 Å². The molecule has 3 amide bonds. The molecule has 2 fully saturated rings. The first-order valence-corrected chi connectivity index (χ1v) is 10.1. The van der Waals surface area contributed by atoms with Crippen molar-refractivity contribution < 1.29 is 9.59 Å². The standard InChI is InChI=1S/C19H24N4O2S/c1-22(12-16-20-14-8-4-5-9-15(14)26-16)13-23-17(24)19(21-18(23)25)10-6-2-3-7-11-19/h4-5,8-9H,2-3,6-7,10-13H2,1H3,(H,21,25). The number of aromatic nitrogens is 1. The summed E-state index contributed by atoms with van der Waals surface area (Å²) in [5.41, 5.74) is 0.331. The first kappa shape index (κ1) is 17.4. The predicted octanol–water partition coefficient (Wildman–Crippen LogP) is 3.33. The van der Waals surface area contributed by atoms with Crippen LogP contribution in [0.2, 0.25) is 0 Å². The molecule has 4 rings (SSSR count). The van der Waals surface area contributed by atoms with Crippen LogP contribution in [0.15, 0.2) is 24.3 Å². The third-order valence-corrected chi connectivity index (χ3v) is 6.35. The van der Waals surface area contributed by atoms with Crippen LogP contribution in [0.25, 0.3) is 10.2 Å². The topological polar surface area (TPSA) is 65.5 Å². The molecule has 1 saturated heterocycles. The van der Waals surface area contributed by atoms with E-state index < -0.39 is 5.54 Å². The summed E-state index contributed by atoms with van der Waals surface area (Å²) >= 11 is 1.65. The highest BCUT2D eigenvalue weighted by molar-refractivity contribution is 7.18. The number of benzene rings is 1. The SMILES string of the molecule is CN(Cc1nc2ccccc2s1)CN1C(=O)NC2(CCCCCC2)C1=O. The molecule has 2 aliphatic rings. The van der Waals surface area contributed by atoms with Crippen molar-refractivity contribution in [2.24, 2.45) is 0 Å². The van der Waals surface area contributed by atoms with Gasteiger partial charge in [-0.3, -0.25) is 9.69 Å². The highest BCUT2D eigenvalue weighted by atomic mass is 32.1. The van der Waals surface area contributed by atoms with E-state index in [1.165, 1.54) is 4.90 Å². The zero-order valence-electron chi connectivity index (χ0n) is 15.0. The molecule has 1 spiro atoms. The number of carbonyl (C=O) groups is 2. The zero-order chi connectivity index (χ0) is 18.1. The summed E-state index contributed by atoms with van der Waals surface area (Å²) in [6.45, 7) is 0.908. The van der Waals surface area contributed by atoms with Gasteiger partial charge >= 0.3 is 6.03 Å². The van der Waals surface area contributed by atoms with Crippen molar-refractivity contribution in [2.45, 2.75) is 50.6 Å². The van der Waals surface area contributed by atoms with Crippen LogP contribution >= 0.6 is 11.3 Å². The summed E-state index contributed by atoms with van der Waals surface area (Å²) < 4.78 is 1.16. The first-order valence-electron chi connectivity index (χ1n) is 9.24. The molecular weight excluding hydrogens is 348 g/mol. The Balaban J connectivity index is 1.44. The van der Waals surface area contributed by atoms with Crippen molar-refractivity contribution in [1.82, 2.24) is 20.1 Å². The molecule has 0 bridgehead atoms. The van der Waals surface area contributed by atoms with Gasteiger partial charge in [-0.05, 0) is 32.0 Å². The summed E-state index contributed by atoms with van der Waals surface area (Å²) in [6, 6.07) is 7.79. The molecule has 0 unspecified atom stereocenters. The number of urea groups is 1. The Morgan fingerprint density at radius 1 is 1.19 bits per heavy atom. The van der Waals surface area contributed by atoms with Crippen molar-refractivity contribution in [3.8, 4) is 0 Å². The molecule has 1 aromatic carbocycles. The number of hydrogen-bond donors (Lipinski definition) is 1. The monoisotopic (exact) mass is 372 g/mol. The van der Waals surface area contributed by atoms with Crippen LogP contribution < -0.4 is 5.32 Å². The molecule has 2 aromatic rings. The molecule has 2 heterocycles. The molecule has 26 heavy (non-hydrogen) atoms. The number of rotatable bonds is 4. The average Bonchev–Trinajstić information content (AvgIpc) is 2.99. The minimum absolute atomic E-state index is 0.0550. The van der Waals surface area contributed by atoms with E-state index in [1.54, 1.807) is 11.3 Å². The molecule has 1 saturated carbocycles. The van der Waals surface area contributed by atoms with Gasteiger partial charge in [0.25, 0.3) is 5.91 Å². The highest BCUT2D eigenvalue weighted by Gasteiger charge is 2.50. The number of nitrogens with zero attached hydrogens (tertiary/aromatic N) is 3. The molecule has 0 atom stereocenters. The van der Waals surface area contributed by atoms with Crippen LogP contribution in [0.3, 0.4) is 0 Å². The lowest BCUT2D eigenvalue weighted by atomic mass is 9.90. The molecule has 7 heteroatoms. The highest BCUT2D eigenvalue weighted by Crippen LogP contribution is 2.33. The quantitative estimate of drug-likeness (QED) is 0.836. The second-order valence-corrected chi connectivity index (χ2v) is 8.51. The summed E-state index contributed by atoms with van der Waals surface area (Å²) in [5, 5.41) is 3.99. The van der Waals surface area contributed by atoms with E-state index in [1.807, 2.05) is 30.1 Å². The van der Waals surface area contributed by atoms with Crippen molar-refractivity contribution >= 4 is 33.5 Å². The minimum Gasteiger partial charge on any atom is -0.323 e. The number of thiazole rings is 1. The largest absolute Gasteiger partial charge is 0.326 e. The minimum atomic E-state index is -0.662. The van der Waals surface area contributed by atoms with E-state index >= 15 is 0 Å². The first-order chi connectivity index (χ1) is 12.6. The Bertz CT molecular complexity index is 793. The second-order valence-electron chi connectivity index (χ2n) is 7.39. The van der Waals surface area contributed by atoms with Crippen LogP contribution in [-0.4, -0.2) is 46.0 Å². The molecule has 6 nitrogen and oxygen atoms in total. The fourth-order valence-corrected chi connectivity index (χ4v) is 5.03. The number of nitrogens with one attached hydrogen (secondary N) is 1. The van der Waals surface area contributed by atoms with Crippen molar-refractivity contribution in [2.75, 3.05) is 13.7 Å². The van der Waals surface area contributed by atoms with E-state index in [2.05, 4.69) is 16.4 Å². The van der Waals surface area contributed by atoms with E-state index in [-0.39, 0.29) is 11.9 Å². The number of para-hydroxylation sites is 1. The third-order valence-electron chi connectivity index (χ3n) is 5.33. The van der Waals surface area contributed by atoms with E-state index in [0.717, 1.165) is 53.7 Å². The average molecular weight is 372 g/mol. The lowest BCUT2D eigenvalue weighted by molar-refractivity contribution is -0.133. The van der Waals surface area contributed by atoms with Gasteiger partial charge in [0.2, 0.25) is 0 Å². The van der Waals surface area contributed by atoms with Crippen LogP contribution in [0.5, 0.6) is 0 Å². The van der Waals surface area contributed by atoms with Gasteiger partial charge in [0, 0.05) is 0 Å². The van der Waals surface area contributed by atoms with Gasteiger partial charge in [-0.15, -0.1) is 11.3 Å². The normalized spacial score (nSPS) is 20.2. The Morgan fingerprint density at radius 2 is 1.92 bits per heavy atom. The third kappa shape index (κ3) is 3.21. The van der Waals surface area contributed by atoms with E-state index in [4.69, 9.17) is 0 Å². The molecule has 138 valence electrons. The number of imide groups is 1. The van der Waals surface area contributed by atoms with Gasteiger partial charge in [-0.25, -0.2) is 14.7 Å². The maximum absolute atomic E-state index is 13.0. The van der Waals surface area contributed by atoms with E-state index in [0.29, 0.717) is 13.2 Å². The van der Waals surface area contributed by atoms with Crippen LogP contribution in [-0.2, 0) is 11.3 Å². The summed E-state index contributed by atoms with van der Waals surface area (Å²) in [4.78, 5) is 33.4. The maximum atomic E-state index is 13.0.